The summed E-state index contributed by atoms with van der Waals surface area (Å²) in [6, 6.07) is 0. The van der Waals surface area contributed by atoms with Gasteiger partial charge in [0.25, 0.3) is 0 Å². The van der Waals surface area contributed by atoms with Gasteiger partial charge < -0.3 is 9.64 Å². The molecule has 13 heavy (non-hydrogen) atoms. The summed E-state index contributed by atoms with van der Waals surface area (Å²) in [4.78, 5) is 2.40. The highest BCUT2D eigenvalue weighted by Crippen LogP contribution is 2.35. The molecule has 0 aromatic heterocycles. The third-order valence-electron chi connectivity index (χ3n) is 2.95. The lowest BCUT2D eigenvalue weighted by Crippen LogP contribution is -2.48. The van der Waals surface area contributed by atoms with Crippen molar-refractivity contribution in [2.24, 2.45) is 0 Å². The summed E-state index contributed by atoms with van der Waals surface area (Å²) in [6.45, 7) is 7.21. The van der Waals surface area contributed by atoms with Crippen LogP contribution in [0.3, 0.4) is 0 Å². The molecule has 2 fully saturated rings. The van der Waals surface area contributed by atoms with Gasteiger partial charge in [-0.1, -0.05) is 26.7 Å². The number of morpholine rings is 1. The third-order valence-corrected chi connectivity index (χ3v) is 2.95. The van der Waals surface area contributed by atoms with E-state index in [1.54, 1.807) is 0 Å². The molecule has 0 aromatic carbocycles. The molecule has 1 saturated carbocycles. The minimum atomic E-state index is 0.271. The molecule has 0 aromatic rings. The molecule has 2 heteroatoms. The minimum absolute atomic E-state index is 0.271. The molecule has 78 valence electrons. The van der Waals surface area contributed by atoms with E-state index in [1.807, 2.05) is 13.8 Å². The Labute approximate surface area is 82.3 Å². The number of nitrogens with zero attached hydrogens (tertiary/aromatic N) is 1. The Balaban J connectivity index is 0.000000396. The quantitative estimate of drug-likeness (QED) is 0.574. The fraction of sp³-hybridized carbons (Fsp3) is 1.00. The SMILES string of the molecule is CC.CN1CCOC2(CCCC2)C1. The van der Waals surface area contributed by atoms with E-state index in [9.17, 15) is 0 Å². The van der Waals surface area contributed by atoms with Crippen LogP contribution in [0.1, 0.15) is 39.5 Å². The van der Waals surface area contributed by atoms with Crippen molar-refractivity contribution in [3.63, 3.8) is 0 Å². The molecule has 1 aliphatic heterocycles. The maximum Gasteiger partial charge on any atom is 0.0809 e. The Kier molecular flexibility index (Phi) is 4.20. The summed E-state index contributed by atoms with van der Waals surface area (Å²) >= 11 is 0. The lowest BCUT2D eigenvalue weighted by molar-refractivity contribution is -0.0980. The van der Waals surface area contributed by atoms with Crippen LogP contribution in [0.4, 0.5) is 0 Å². The first-order valence-electron chi connectivity index (χ1n) is 5.63. The van der Waals surface area contributed by atoms with Crippen molar-refractivity contribution in [1.29, 1.82) is 0 Å². The van der Waals surface area contributed by atoms with E-state index in [2.05, 4.69) is 11.9 Å². The molecule has 2 aliphatic rings. The molecule has 0 amide bonds. The van der Waals surface area contributed by atoms with Crippen LogP contribution < -0.4 is 0 Å². The number of hydrogen-bond donors (Lipinski definition) is 0. The summed E-state index contributed by atoms with van der Waals surface area (Å²) in [5, 5.41) is 0. The summed E-state index contributed by atoms with van der Waals surface area (Å²) in [7, 11) is 2.20. The van der Waals surface area contributed by atoms with Crippen molar-refractivity contribution >= 4 is 0 Å². The summed E-state index contributed by atoms with van der Waals surface area (Å²) in [6.07, 6.45) is 5.32. The smallest absolute Gasteiger partial charge is 0.0809 e. The Morgan fingerprint density at radius 3 is 2.31 bits per heavy atom. The lowest BCUT2D eigenvalue weighted by atomic mass is 10.0. The molecule has 0 N–H and O–H groups in total. The molecule has 1 spiro atoms. The number of likely N-dealkylation sites (N-methyl/N-ethyl adjacent to an activating group) is 1. The standard InChI is InChI=1S/C9H17NO.C2H6/c1-10-6-7-11-9(8-10)4-2-3-5-9;1-2/h2-8H2,1H3;1-2H3. The monoisotopic (exact) mass is 185 g/mol. The summed E-state index contributed by atoms with van der Waals surface area (Å²) in [5.74, 6) is 0. The Hall–Kier alpha value is -0.0800. The molecule has 0 radical (unpaired) electrons. The van der Waals surface area contributed by atoms with Gasteiger partial charge in [-0.2, -0.15) is 0 Å². The Morgan fingerprint density at radius 1 is 1.15 bits per heavy atom. The van der Waals surface area contributed by atoms with E-state index >= 15 is 0 Å². The van der Waals surface area contributed by atoms with E-state index in [0.29, 0.717) is 0 Å². The average Bonchev–Trinajstić information content (AvgIpc) is 2.56. The van der Waals surface area contributed by atoms with Gasteiger partial charge in [0.1, 0.15) is 0 Å². The average molecular weight is 185 g/mol. The van der Waals surface area contributed by atoms with Gasteiger partial charge >= 0.3 is 0 Å². The van der Waals surface area contributed by atoms with Crippen LogP contribution in [0.15, 0.2) is 0 Å². The third kappa shape index (κ3) is 2.68. The normalized spacial score (nSPS) is 27.0. The summed E-state index contributed by atoms with van der Waals surface area (Å²) < 4.78 is 5.86. The molecule has 1 heterocycles. The van der Waals surface area contributed by atoms with E-state index in [-0.39, 0.29) is 5.60 Å². The predicted molar refractivity (Wildman–Crippen MR) is 56.0 cm³/mol. The van der Waals surface area contributed by atoms with Gasteiger partial charge in [-0.3, -0.25) is 0 Å². The molecule has 1 aliphatic carbocycles. The maximum atomic E-state index is 5.86. The molecule has 0 unspecified atom stereocenters. The van der Waals surface area contributed by atoms with E-state index < -0.39 is 0 Å². The largest absolute Gasteiger partial charge is 0.372 e. The van der Waals surface area contributed by atoms with Crippen molar-refractivity contribution in [3.05, 3.63) is 0 Å². The zero-order valence-corrected chi connectivity index (χ0v) is 9.31. The van der Waals surface area contributed by atoms with E-state index in [0.717, 1.165) is 19.7 Å². The maximum absolute atomic E-state index is 5.86. The minimum Gasteiger partial charge on any atom is -0.372 e. The van der Waals surface area contributed by atoms with Crippen LogP contribution in [0.5, 0.6) is 0 Å². The zero-order chi connectivity index (χ0) is 9.73. The van der Waals surface area contributed by atoms with E-state index in [4.69, 9.17) is 4.74 Å². The van der Waals surface area contributed by atoms with Gasteiger partial charge in [0.15, 0.2) is 0 Å². The van der Waals surface area contributed by atoms with Gasteiger partial charge in [-0.15, -0.1) is 0 Å². The molecule has 1 saturated heterocycles. The topological polar surface area (TPSA) is 12.5 Å². The first kappa shape index (κ1) is 11.0. The van der Waals surface area contributed by atoms with Gasteiger partial charge in [-0.05, 0) is 19.9 Å². The zero-order valence-electron chi connectivity index (χ0n) is 9.31. The molecular formula is C11H23NO. The fourth-order valence-electron chi connectivity index (χ4n) is 2.36. The highest BCUT2D eigenvalue weighted by Gasteiger charge is 2.37. The first-order valence-corrected chi connectivity index (χ1v) is 5.63. The van der Waals surface area contributed by atoms with Crippen LogP contribution in [0, 0.1) is 0 Å². The van der Waals surface area contributed by atoms with Gasteiger partial charge in [-0.25, -0.2) is 0 Å². The molecular weight excluding hydrogens is 162 g/mol. The molecule has 0 atom stereocenters. The number of hydrogen-bond acceptors (Lipinski definition) is 2. The van der Waals surface area contributed by atoms with Gasteiger partial charge in [0.05, 0.1) is 12.2 Å². The molecule has 2 rings (SSSR count). The second-order valence-corrected chi connectivity index (χ2v) is 3.98. The molecule has 0 bridgehead atoms. The Morgan fingerprint density at radius 2 is 1.77 bits per heavy atom. The lowest BCUT2D eigenvalue weighted by Gasteiger charge is -2.38. The van der Waals surface area contributed by atoms with Crippen LogP contribution in [-0.4, -0.2) is 37.2 Å². The van der Waals surface area contributed by atoms with Crippen LogP contribution in [0.2, 0.25) is 0 Å². The highest BCUT2D eigenvalue weighted by molar-refractivity contribution is 4.91. The van der Waals surface area contributed by atoms with Gasteiger partial charge in [0.2, 0.25) is 0 Å². The highest BCUT2D eigenvalue weighted by atomic mass is 16.5. The van der Waals surface area contributed by atoms with Crippen molar-refractivity contribution in [3.8, 4) is 0 Å². The first-order chi connectivity index (χ1) is 6.31. The second-order valence-electron chi connectivity index (χ2n) is 3.98. The second kappa shape index (κ2) is 4.97. The summed E-state index contributed by atoms with van der Waals surface area (Å²) in [5.41, 5.74) is 0.271. The fourth-order valence-corrected chi connectivity index (χ4v) is 2.36. The number of rotatable bonds is 0. The van der Waals surface area contributed by atoms with Crippen molar-refractivity contribution in [1.82, 2.24) is 4.90 Å². The van der Waals surface area contributed by atoms with Crippen molar-refractivity contribution in [2.45, 2.75) is 45.1 Å². The van der Waals surface area contributed by atoms with Crippen LogP contribution in [0.25, 0.3) is 0 Å². The van der Waals surface area contributed by atoms with E-state index in [1.165, 1.54) is 25.7 Å². The Bertz CT molecular complexity index is 141. The van der Waals surface area contributed by atoms with Crippen LogP contribution in [-0.2, 0) is 4.74 Å². The van der Waals surface area contributed by atoms with Crippen LogP contribution >= 0.6 is 0 Å². The van der Waals surface area contributed by atoms with Crippen molar-refractivity contribution in [2.75, 3.05) is 26.7 Å². The van der Waals surface area contributed by atoms with Gasteiger partial charge in [0, 0.05) is 13.1 Å². The van der Waals surface area contributed by atoms with Crippen molar-refractivity contribution < 1.29 is 4.74 Å². The number of ether oxygens (including phenoxy) is 1. The predicted octanol–water partition coefficient (Wildman–Crippen LogP) is 2.29. The molecule has 2 nitrogen and oxygen atoms in total.